The number of hydrogen-bond acceptors (Lipinski definition) is 3. The molecular weight excluding hydrogens is 190 g/mol. The summed E-state index contributed by atoms with van der Waals surface area (Å²) < 4.78 is 5.50. The molecule has 0 atom stereocenters. The van der Waals surface area contributed by atoms with Crippen molar-refractivity contribution in [3.05, 3.63) is 29.8 Å². The number of rotatable bonds is 6. The molecular formula is C12H16NO2. The normalized spacial score (nSPS) is 10.3. The van der Waals surface area contributed by atoms with Crippen LogP contribution in [0.15, 0.2) is 24.3 Å². The highest BCUT2D eigenvalue weighted by Gasteiger charge is 1.95. The summed E-state index contributed by atoms with van der Waals surface area (Å²) in [6.07, 6.45) is 2.82. The van der Waals surface area contributed by atoms with E-state index in [4.69, 9.17) is 4.74 Å². The standard InChI is InChI=1S/C12H16NO2/c1-13(2)8-3-9-15-12-6-4-11(10-14)5-7-12/h4-7H,3,8-9H2,1-2H3. The van der Waals surface area contributed by atoms with Crippen LogP contribution in [0.5, 0.6) is 5.75 Å². The van der Waals surface area contributed by atoms with Crippen LogP contribution in [-0.2, 0) is 4.79 Å². The van der Waals surface area contributed by atoms with Crippen LogP contribution in [0.2, 0.25) is 0 Å². The zero-order valence-electron chi connectivity index (χ0n) is 9.19. The maximum absolute atomic E-state index is 10.3. The van der Waals surface area contributed by atoms with Gasteiger partial charge in [0.05, 0.1) is 6.61 Å². The highest BCUT2D eigenvalue weighted by Crippen LogP contribution is 2.11. The van der Waals surface area contributed by atoms with E-state index in [2.05, 4.69) is 4.90 Å². The lowest BCUT2D eigenvalue weighted by Gasteiger charge is -2.10. The van der Waals surface area contributed by atoms with Crippen LogP contribution >= 0.6 is 0 Å². The van der Waals surface area contributed by atoms with Gasteiger partial charge in [-0.05, 0) is 44.8 Å². The lowest BCUT2D eigenvalue weighted by atomic mass is 10.2. The quantitative estimate of drug-likeness (QED) is 0.660. The van der Waals surface area contributed by atoms with E-state index >= 15 is 0 Å². The maximum Gasteiger partial charge on any atom is 0.233 e. The van der Waals surface area contributed by atoms with Gasteiger partial charge in [-0.1, -0.05) is 0 Å². The molecule has 81 valence electrons. The van der Waals surface area contributed by atoms with E-state index in [0.29, 0.717) is 12.2 Å². The summed E-state index contributed by atoms with van der Waals surface area (Å²) >= 11 is 0. The maximum atomic E-state index is 10.3. The Morgan fingerprint density at radius 2 is 1.93 bits per heavy atom. The topological polar surface area (TPSA) is 29.5 Å². The van der Waals surface area contributed by atoms with E-state index in [1.807, 2.05) is 20.4 Å². The van der Waals surface area contributed by atoms with E-state index in [1.165, 1.54) is 0 Å². The van der Waals surface area contributed by atoms with Crippen LogP contribution in [0.25, 0.3) is 0 Å². The van der Waals surface area contributed by atoms with Crippen molar-refractivity contribution in [2.45, 2.75) is 6.42 Å². The Bertz CT molecular complexity index is 293. The van der Waals surface area contributed by atoms with E-state index < -0.39 is 0 Å². The van der Waals surface area contributed by atoms with Gasteiger partial charge in [0.2, 0.25) is 6.29 Å². The first-order chi connectivity index (χ1) is 7.22. The monoisotopic (exact) mass is 206 g/mol. The molecule has 3 nitrogen and oxygen atoms in total. The third-order valence-electron chi connectivity index (χ3n) is 1.99. The molecule has 1 rings (SSSR count). The molecule has 0 aromatic heterocycles. The Hall–Kier alpha value is -1.35. The molecule has 0 bridgehead atoms. The number of ether oxygens (including phenoxy) is 1. The lowest BCUT2D eigenvalue weighted by Crippen LogP contribution is -2.15. The second-order valence-electron chi connectivity index (χ2n) is 3.63. The molecule has 15 heavy (non-hydrogen) atoms. The van der Waals surface area contributed by atoms with Gasteiger partial charge in [-0.15, -0.1) is 0 Å². The smallest absolute Gasteiger partial charge is 0.233 e. The van der Waals surface area contributed by atoms with Crippen molar-refractivity contribution in [1.29, 1.82) is 0 Å². The SMILES string of the molecule is CN(C)CCCOc1ccc([C]=O)cc1. The van der Waals surface area contributed by atoms with Gasteiger partial charge in [-0.3, -0.25) is 4.79 Å². The molecule has 3 heteroatoms. The molecule has 0 heterocycles. The van der Waals surface area contributed by atoms with Crippen molar-refractivity contribution < 1.29 is 9.53 Å². The average Bonchev–Trinajstić information content (AvgIpc) is 2.25. The molecule has 1 aromatic carbocycles. The van der Waals surface area contributed by atoms with Gasteiger partial charge in [0, 0.05) is 12.1 Å². The minimum Gasteiger partial charge on any atom is -0.494 e. The van der Waals surface area contributed by atoms with Gasteiger partial charge in [-0.2, -0.15) is 0 Å². The van der Waals surface area contributed by atoms with E-state index in [0.717, 1.165) is 18.7 Å². The van der Waals surface area contributed by atoms with Gasteiger partial charge >= 0.3 is 0 Å². The molecule has 0 saturated heterocycles. The highest BCUT2D eigenvalue weighted by molar-refractivity contribution is 5.75. The molecule has 0 unspecified atom stereocenters. The van der Waals surface area contributed by atoms with Gasteiger partial charge < -0.3 is 9.64 Å². The first kappa shape index (κ1) is 11.7. The molecule has 0 spiro atoms. The molecule has 1 aromatic rings. The number of nitrogens with zero attached hydrogens (tertiary/aromatic N) is 1. The van der Waals surface area contributed by atoms with Crippen LogP contribution < -0.4 is 4.74 Å². The second kappa shape index (κ2) is 6.19. The third-order valence-corrected chi connectivity index (χ3v) is 1.99. The Kier molecular flexibility index (Phi) is 4.84. The zero-order chi connectivity index (χ0) is 11.1. The van der Waals surface area contributed by atoms with E-state index in [-0.39, 0.29) is 0 Å². The first-order valence-electron chi connectivity index (χ1n) is 4.98. The summed E-state index contributed by atoms with van der Waals surface area (Å²) in [5.74, 6) is 0.799. The van der Waals surface area contributed by atoms with Crippen LogP contribution in [0.4, 0.5) is 0 Å². The van der Waals surface area contributed by atoms with E-state index in [9.17, 15) is 4.79 Å². The highest BCUT2D eigenvalue weighted by atomic mass is 16.5. The van der Waals surface area contributed by atoms with Gasteiger partial charge in [0.1, 0.15) is 5.75 Å². The largest absolute Gasteiger partial charge is 0.494 e. The molecule has 0 saturated carbocycles. The molecule has 0 amide bonds. The molecule has 0 aliphatic carbocycles. The Morgan fingerprint density at radius 3 is 2.47 bits per heavy atom. The summed E-state index contributed by atoms with van der Waals surface area (Å²) in [5, 5.41) is 0. The predicted octanol–water partition coefficient (Wildman–Crippen LogP) is 1.47. The van der Waals surface area contributed by atoms with Gasteiger partial charge in [-0.25, -0.2) is 0 Å². The average molecular weight is 206 g/mol. The fraction of sp³-hybridized carbons (Fsp3) is 0.417. The summed E-state index contributed by atoms with van der Waals surface area (Å²) in [6, 6.07) is 6.98. The van der Waals surface area contributed by atoms with Crippen LogP contribution in [0.3, 0.4) is 0 Å². The minimum atomic E-state index is 0.552. The molecule has 0 aliphatic heterocycles. The van der Waals surface area contributed by atoms with Crippen LogP contribution in [-0.4, -0.2) is 38.4 Å². The molecule has 0 aliphatic rings. The Morgan fingerprint density at radius 1 is 1.27 bits per heavy atom. The zero-order valence-corrected chi connectivity index (χ0v) is 9.19. The van der Waals surface area contributed by atoms with Crippen molar-refractivity contribution in [2.75, 3.05) is 27.2 Å². The second-order valence-corrected chi connectivity index (χ2v) is 3.63. The fourth-order valence-electron chi connectivity index (χ4n) is 1.19. The van der Waals surface area contributed by atoms with Gasteiger partial charge in [0.25, 0.3) is 0 Å². The number of hydrogen-bond donors (Lipinski definition) is 0. The Balaban J connectivity index is 2.28. The number of benzene rings is 1. The minimum absolute atomic E-state index is 0.552. The summed E-state index contributed by atoms with van der Waals surface area (Å²) in [6.45, 7) is 1.71. The molecule has 1 radical (unpaired) electrons. The molecule has 0 fully saturated rings. The predicted molar refractivity (Wildman–Crippen MR) is 59.9 cm³/mol. The summed E-state index contributed by atoms with van der Waals surface area (Å²) in [7, 11) is 4.07. The fourth-order valence-corrected chi connectivity index (χ4v) is 1.19. The third kappa shape index (κ3) is 4.61. The Labute approximate surface area is 90.7 Å². The van der Waals surface area contributed by atoms with Crippen molar-refractivity contribution in [3.8, 4) is 5.75 Å². The van der Waals surface area contributed by atoms with Crippen LogP contribution in [0, 0.1) is 0 Å². The van der Waals surface area contributed by atoms with Crippen LogP contribution in [0.1, 0.15) is 12.0 Å². The van der Waals surface area contributed by atoms with Crippen molar-refractivity contribution >= 4 is 6.29 Å². The number of carbonyl (C=O) groups excluding carboxylic acids is 1. The summed E-state index contributed by atoms with van der Waals surface area (Å²) in [4.78, 5) is 12.4. The lowest BCUT2D eigenvalue weighted by molar-refractivity contribution is 0.281. The molecule has 0 N–H and O–H groups in total. The van der Waals surface area contributed by atoms with E-state index in [1.54, 1.807) is 24.3 Å². The van der Waals surface area contributed by atoms with Gasteiger partial charge in [0.15, 0.2) is 0 Å². The van der Waals surface area contributed by atoms with Crippen molar-refractivity contribution in [3.63, 3.8) is 0 Å². The van der Waals surface area contributed by atoms with Crippen molar-refractivity contribution in [2.24, 2.45) is 0 Å². The van der Waals surface area contributed by atoms with Crippen molar-refractivity contribution in [1.82, 2.24) is 4.90 Å². The first-order valence-corrected chi connectivity index (χ1v) is 4.98. The summed E-state index contributed by atoms with van der Waals surface area (Å²) in [5.41, 5.74) is 0.552.